The molecule has 0 nitrogen and oxygen atoms in total. The topological polar surface area (TPSA) is 0 Å². The minimum absolute atomic E-state index is 0.257. The first-order valence-electron chi connectivity index (χ1n) is 5.43. The van der Waals surface area contributed by atoms with Gasteiger partial charge in [0.05, 0.1) is 0 Å². The number of hydrogen-bond acceptors (Lipinski definition) is 0. The van der Waals surface area contributed by atoms with Gasteiger partial charge in [-0.15, -0.1) is 0 Å². The monoisotopic (exact) mass is 266 g/mol. The molecule has 0 aromatic heterocycles. The predicted octanol–water partition coefficient (Wildman–Crippen LogP) is 5.17. The van der Waals surface area contributed by atoms with Crippen LogP contribution >= 0.6 is 15.9 Å². The van der Waals surface area contributed by atoms with Crippen LogP contribution in [-0.2, 0) is 5.41 Å². The van der Waals surface area contributed by atoms with Crippen molar-refractivity contribution in [3.05, 3.63) is 40.4 Å². The van der Waals surface area contributed by atoms with Crippen LogP contribution < -0.4 is 0 Å². The lowest BCUT2D eigenvalue weighted by Crippen LogP contribution is -2.16. The third kappa shape index (κ3) is 2.94. The summed E-state index contributed by atoms with van der Waals surface area (Å²) in [5.41, 5.74) is 2.83. The third-order valence-electron chi connectivity index (χ3n) is 2.87. The van der Waals surface area contributed by atoms with Crippen molar-refractivity contribution in [1.82, 2.24) is 0 Å². The lowest BCUT2D eigenvalue weighted by atomic mass is 9.80. The van der Waals surface area contributed by atoms with Crippen LogP contribution in [-0.4, -0.2) is 0 Å². The highest BCUT2D eigenvalue weighted by Gasteiger charge is 2.19. The van der Waals surface area contributed by atoms with E-state index in [4.69, 9.17) is 0 Å². The van der Waals surface area contributed by atoms with E-state index in [1.54, 1.807) is 0 Å². The Kier molecular flexibility index (Phi) is 4.15. The Balaban J connectivity index is 3.10. The molecular weight excluding hydrogens is 248 g/mol. The molecule has 1 aromatic carbocycles. The van der Waals surface area contributed by atoms with E-state index < -0.39 is 0 Å². The van der Waals surface area contributed by atoms with E-state index in [2.05, 4.69) is 61.5 Å². The molecule has 0 bridgehead atoms. The molecule has 0 fully saturated rings. The Bertz CT molecular complexity index is 350. The van der Waals surface area contributed by atoms with E-state index >= 15 is 0 Å². The van der Waals surface area contributed by atoms with E-state index in [0.717, 1.165) is 4.47 Å². The van der Waals surface area contributed by atoms with E-state index in [1.807, 2.05) is 6.08 Å². The number of rotatable bonds is 4. The van der Waals surface area contributed by atoms with Gasteiger partial charge >= 0.3 is 0 Å². The Morgan fingerprint density at radius 1 is 1.40 bits per heavy atom. The van der Waals surface area contributed by atoms with Crippen LogP contribution in [0.4, 0.5) is 0 Å². The summed E-state index contributed by atoms with van der Waals surface area (Å²) in [6, 6.07) is 6.54. The Hall–Kier alpha value is -0.560. The van der Waals surface area contributed by atoms with Gasteiger partial charge in [0.2, 0.25) is 0 Å². The SMILES string of the molecule is C=Cc1cc(C(C)(C)CCC)ccc1Br. The molecule has 1 aromatic rings. The lowest BCUT2D eigenvalue weighted by molar-refractivity contribution is 0.473. The molecule has 0 aliphatic heterocycles. The molecule has 0 aliphatic carbocycles. The first-order chi connectivity index (χ1) is 7.01. The average molecular weight is 267 g/mol. The fraction of sp³-hybridized carbons (Fsp3) is 0.429. The average Bonchev–Trinajstić information content (AvgIpc) is 2.18. The lowest BCUT2D eigenvalue weighted by Gasteiger charge is -2.25. The van der Waals surface area contributed by atoms with Gasteiger partial charge in [0.1, 0.15) is 0 Å². The Morgan fingerprint density at radius 2 is 2.07 bits per heavy atom. The summed E-state index contributed by atoms with van der Waals surface area (Å²) in [7, 11) is 0. The van der Waals surface area contributed by atoms with E-state index in [-0.39, 0.29) is 5.41 Å². The van der Waals surface area contributed by atoms with Gasteiger partial charge in [0.15, 0.2) is 0 Å². The molecule has 0 aliphatic rings. The molecule has 0 saturated heterocycles. The molecule has 0 spiro atoms. The summed E-state index contributed by atoms with van der Waals surface area (Å²) in [4.78, 5) is 0. The standard InChI is InChI=1S/C14H19Br/c1-5-9-14(3,4)12-7-8-13(15)11(6-2)10-12/h6-8,10H,2,5,9H2,1,3-4H3. The molecule has 82 valence electrons. The van der Waals surface area contributed by atoms with Crippen LogP contribution in [0.2, 0.25) is 0 Å². The second-order valence-corrected chi connectivity index (χ2v) is 5.43. The zero-order chi connectivity index (χ0) is 11.5. The van der Waals surface area contributed by atoms with Crippen molar-refractivity contribution in [3.8, 4) is 0 Å². The molecule has 0 unspecified atom stereocenters. The zero-order valence-electron chi connectivity index (χ0n) is 9.81. The van der Waals surface area contributed by atoms with Gasteiger partial charge in [-0.2, -0.15) is 0 Å². The third-order valence-corrected chi connectivity index (χ3v) is 3.59. The van der Waals surface area contributed by atoms with Crippen molar-refractivity contribution >= 4 is 22.0 Å². The predicted molar refractivity (Wildman–Crippen MR) is 72.2 cm³/mol. The highest BCUT2D eigenvalue weighted by Crippen LogP contribution is 2.31. The molecule has 0 saturated carbocycles. The van der Waals surface area contributed by atoms with Crippen molar-refractivity contribution in [2.75, 3.05) is 0 Å². The molecule has 1 heteroatoms. The van der Waals surface area contributed by atoms with Gasteiger partial charge in [-0.05, 0) is 29.0 Å². The maximum Gasteiger partial charge on any atom is 0.0247 e. The minimum Gasteiger partial charge on any atom is -0.0984 e. The Labute approximate surface area is 102 Å². The maximum absolute atomic E-state index is 3.83. The van der Waals surface area contributed by atoms with Gasteiger partial charge in [0.25, 0.3) is 0 Å². The zero-order valence-corrected chi connectivity index (χ0v) is 11.4. The minimum atomic E-state index is 0.257. The first kappa shape index (κ1) is 12.5. The van der Waals surface area contributed by atoms with Crippen LogP contribution in [0.3, 0.4) is 0 Å². The van der Waals surface area contributed by atoms with E-state index in [0.29, 0.717) is 0 Å². The second-order valence-electron chi connectivity index (χ2n) is 4.57. The maximum atomic E-state index is 3.83. The summed E-state index contributed by atoms with van der Waals surface area (Å²) < 4.78 is 1.12. The van der Waals surface area contributed by atoms with Crippen molar-refractivity contribution in [3.63, 3.8) is 0 Å². The van der Waals surface area contributed by atoms with Gasteiger partial charge in [-0.25, -0.2) is 0 Å². The number of benzene rings is 1. The van der Waals surface area contributed by atoms with Crippen molar-refractivity contribution < 1.29 is 0 Å². The summed E-state index contributed by atoms with van der Waals surface area (Å²) >= 11 is 3.53. The van der Waals surface area contributed by atoms with Gasteiger partial charge < -0.3 is 0 Å². The molecular formula is C14H19Br. The molecule has 0 radical (unpaired) electrons. The largest absolute Gasteiger partial charge is 0.0984 e. The summed E-state index contributed by atoms with van der Waals surface area (Å²) in [5, 5.41) is 0. The van der Waals surface area contributed by atoms with E-state index in [1.165, 1.54) is 24.0 Å². The molecule has 0 heterocycles. The second kappa shape index (κ2) is 4.98. The van der Waals surface area contributed by atoms with Crippen LogP contribution in [0.15, 0.2) is 29.3 Å². The first-order valence-corrected chi connectivity index (χ1v) is 6.23. The summed E-state index contributed by atoms with van der Waals surface area (Å²) in [6.07, 6.45) is 4.33. The molecule has 0 amide bonds. The van der Waals surface area contributed by atoms with Crippen LogP contribution in [0.5, 0.6) is 0 Å². The highest BCUT2D eigenvalue weighted by atomic mass is 79.9. The number of hydrogen-bond donors (Lipinski definition) is 0. The Morgan fingerprint density at radius 3 is 2.60 bits per heavy atom. The van der Waals surface area contributed by atoms with Crippen LogP contribution in [0, 0.1) is 0 Å². The molecule has 0 N–H and O–H groups in total. The fourth-order valence-electron chi connectivity index (χ4n) is 1.89. The van der Waals surface area contributed by atoms with Gasteiger partial charge in [-0.3, -0.25) is 0 Å². The van der Waals surface area contributed by atoms with Crippen molar-refractivity contribution in [1.29, 1.82) is 0 Å². The molecule has 0 atom stereocenters. The van der Waals surface area contributed by atoms with Crippen molar-refractivity contribution in [2.24, 2.45) is 0 Å². The van der Waals surface area contributed by atoms with Gasteiger partial charge in [0, 0.05) is 4.47 Å². The van der Waals surface area contributed by atoms with Crippen LogP contribution in [0.1, 0.15) is 44.7 Å². The molecule has 15 heavy (non-hydrogen) atoms. The smallest absolute Gasteiger partial charge is 0.0247 e. The van der Waals surface area contributed by atoms with Crippen LogP contribution in [0.25, 0.3) is 6.08 Å². The fourth-order valence-corrected chi connectivity index (χ4v) is 2.30. The summed E-state index contributed by atoms with van der Waals surface area (Å²) in [6.45, 7) is 10.7. The normalized spacial score (nSPS) is 11.5. The van der Waals surface area contributed by atoms with E-state index in [9.17, 15) is 0 Å². The van der Waals surface area contributed by atoms with Crippen molar-refractivity contribution in [2.45, 2.75) is 39.0 Å². The highest BCUT2D eigenvalue weighted by molar-refractivity contribution is 9.10. The summed E-state index contributed by atoms with van der Waals surface area (Å²) in [5.74, 6) is 0. The van der Waals surface area contributed by atoms with Gasteiger partial charge in [-0.1, -0.05) is 67.9 Å². The quantitative estimate of drug-likeness (QED) is 0.706. The molecule has 1 rings (SSSR count). The number of halogens is 1.